The molecule has 50 heavy (non-hydrogen) atoms. The van der Waals surface area contributed by atoms with Gasteiger partial charge in [0.25, 0.3) is 0 Å². The summed E-state index contributed by atoms with van der Waals surface area (Å²) in [5.74, 6) is 1.89. The van der Waals surface area contributed by atoms with Crippen molar-refractivity contribution in [2.24, 2.45) is 0 Å². The first-order valence-corrected chi connectivity index (χ1v) is 17.9. The Labute approximate surface area is 291 Å². The predicted octanol–water partition coefficient (Wildman–Crippen LogP) is 7.76. The zero-order valence-electron chi connectivity index (χ0n) is 28.4. The number of carbonyl (C=O) groups excluding carboxylic acids is 1. The molecule has 0 bridgehead atoms. The standard InChI is InChI=1S/C39H42N8O3/c1-49-37-22-29(18-20-36(37)50-26-31-25-47(44-42-31)33-15-9-4-10-16-33)39-40-34-21-28(38(48)27-11-5-2-6-12-27)17-19-35(34)45(39)23-30-24-46(43-41-30)32-13-7-3-8-14-32/h2,5-6,11-12,17-22,24-25,32-33H,3-4,7-10,13-16,23,26H2,1H3. The molecule has 11 nitrogen and oxygen atoms in total. The Morgan fingerprint density at radius 2 is 1.42 bits per heavy atom. The second kappa shape index (κ2) is 14.3. The summed E-state index contributed by atoms with van der Waals surface area (Å²) < 4.78 is 18.2. The summed E-state index contributed by atoms with van der Waals surface area (Å²) in [7, 11) is 1.64. The summed E-state index contributed by atoms with van der Waals surface area (Å²) in [5, 5.41) is 17.9. The van der Waals surface area contributed by atoms with Crippen LogP contribution < -0.4 is 9.47 Å². The van der Waals surface area contributed by atoms with E-state index in [0.29, 0.717) is 41.3 Å². The van der Waals surface area contributed by atoms with Gasteiger partial charge in [-0.25, -0.2) is 14.3 Å². The molecule has 0 atom stereocenters. The van der Waals surface area contributed by atoms with Crippen molar-refractivity contribution in [2.45, 2.75) is 89.4 Å². The van der Waals surface area contributed by atoms with Crippen LogP contribution in [0.15, 0.2) is 79.1 Å². The molecule has 2 saturated carbocycles. The van der Waals surface area contributed by atoms with Crippen LogP contribution in [0.1, 0.15) is 104 Å². The van der Waals surface area contributed by atoms with Crippen LogP contribution in [0, 0.1) is 0 Å². The molecular weight excluding hydrogens is 628 g/mol. The number of fused-ring (bicyclic) bond motifs is 1. The van der Waals surface area contributed by atoms with Gasteiger partial charge in [0.1, 0.15) is 23.8 Å². The van der Waals surface area contributed by atoms with E-state index in [4.69, 9.17) is 14.5 Å². The van der Waals surface area contributed by atoms with E-state index in [1.807, 2.05) is 82.3 Å². The maximum atomic E-state index is 13.4. The highest BCUT2D eigenvalue weighted by Gasteiger charge is 2.22. The average molecular weight is 671 g/mol. The summed E-state index contributed by atoms with van der Waals surface area (Å²) in [4.78, 5) is 18.5. The molecule has 0 saturated heterocycles. The number of ketones is 1. The SMILES string of the molecule is COc1cc(-c2nc3cc(C(=O)c4ccccc4)ccc3n2Cc2cn(C3CCCCC3)nn2)ccc1OCc1cn(C2CCCCC2)nn1. The van der Waals surface area contributed by atoms with Crippen LogP contribution in [0.2, 0.25) is 0 Å². The van der Waals surface area contributed by atoms with Gasteiger partial charge in [-0.2, -0.15) is 0 Å². The molecule has 3 aromatic carbocycles. The molecule has 6 aromatic rings. The van der Waals surface area contributed by atoms with Crippen molar-refractivity contribution in [2.75, 3.05) is 7.11 Å². The summed E-state index contributed by atoms with van der Waals surface area (Å²) >= 11 is 0. The number of rotatable bonds is 11. The molecular formula is C39H42N8O3. The number of carbonyl (C=O) groups is 1. The lowest BCUT2D eigenvalue weighted by atomic mass is 9.96. The first-order chi connectivity index (χ1) is 24.6. The van der Waals surface area contributed by atoms with Crippen LogP contribution in [0.5, 0.6) is 11.5 Å². The summed E-state index contributed by atoms with van der Waals surface area (Å²) in [5.41, 5.74) is 5.34. The molecule has 0 aliphatic heterocycles. The first-order valence-electron chi connectivity index (χ1n) is 17.9. The molecule has 0 N–H and O–H groups in total. The molecule has 8 rings (SSSR count). The Kier molecular flexibility index (Phi) is 9.11. The normalized spacial score (nSPS) is 15.8. The Hall–Kier alpha value is -5.32. The number of ether oxygens (including phenoxy) is 2. The second-order valence-corrected chi connectivity index (χ2v) is 13.5. The van der Waals surface area contributed by atoms with E-state index >= 15 is 0 Å². The zero-order valence-corrected chi connectivity index (χ0v) is 28.4. The van der Waals surface area contributed by atoms with Gasteiger partial charge < -0.3 is 14.0 Å². The number of hydrogen-bond acceptors (Lipinski definition) is 8. The number of hydrogen-bond donors (Lipinski definition) is 0. The van der Waals surface area contributed by atoms with Gasteiger partial charge in [0, 0.05) is 16.7 Å². The number of aromatic nitrogens is 8. The van der Waals surface area contributed by atoms with Crippen molar-refractivity contribution in [3.8, 4) is 22.9 Å². The highest BCUT2D eigenvalue weighted by molar-refractivity contribution is 6.10. The molecule has 0 amide bonds. The number of nitrogens with zero attached hydrogens (tertiary/aromatic N) is 8. The minimum absolute atomic E-state index is 0.0408. The predicted molar refractivity (Wildman–Crippen MR) is 189 cm³/mol. The lowest BCUT2D eigenvalue weighted by Gasteiger charge is -2.20. The topological polar surface area (TPSA) is 115 Å². The van der Waals surface area contributed by atoms with Gasteiger partial charge in [-0.3, -0.25) is 4.79 Å². The highest BCUT2D eigenvalue weighted by Crippen LogP contribution is 2.35. The highest BCUT2D eigenvalue weighted by atomic mass is 16.5. The lowest BCUT2D eigenvalue weighted by Crippen LogP contribution is -2.13. The molecule has 0 radical (unpaired) electrons. The Morgan fingerprint density at radius 3 is 2.12 bits per heavy atom. The largest absolute Gasteiger partial charge is 0.493 e. The Bertz CT molecular complexity index is 2090. The number of methoxy groups -OCH3 is 1. The smallest absolute Gasteiger partial charge is 0.193 e. The maximum Gasteiger partial charge on any atom is 0.193 e. The van der Waals surface area contributed by atoms with Crippen LogP contribution in [0.25, 0.3) is 22.4 Å². The molecule has 3 heterocycles. The van der Waals surface area contributed by atoms with E-state index in [9.17, 15) is 4.79 Å². The van der Waals surface area contributed by atoms with Gasteiger partial charge in [-0.15, -0.1) is 10.2 Å². The maximum absolute atomic E-state index is 13.4. The fourth-order valence-electron chi connectivity index (χ4n) is 7.46. The molecule has 0 spiro atoms. The molecule has 2 aliphatic rings. The van der Waals surface area contributed by atoms with Crippen molar-refractivity contribution >= 4 is 16.8 Å². The minimum atomic E-state index is -0.0408. The van der Waals surface area contributed by atoms with Crippen LogP contribution in [0.3, 0.4) is 0 Å². The van der Waals surface area contributed by atoms with Crippen molar-refractivity contribution in [1.29, 1.82) is 0 Å². The molecule has 11 heteroatoms. The molecule has 0 unspecified atom stereocenters. The summed E-state index contributed by atoms with van der Waals surface area (Å²) in [6.45, 7) is 0.761. The van der Waals surface area contributed by atoms with Crippen LogP contribution in [0.4, 0.5) is 0 Å². The summed E-state index contributed by atoms with van der Waals surface area (Å²) in [6, 6.07) is 21.7. The van der Waals surface area contributed by atoms with Gasteiger partial charge in [0.05, 0.1) is 49.2 Å². The molecule has 3 aromatic heterocycles. The van der Waals surface area contributed by atoms with Crippen LogP contribution in [-0.4, -0.2) is 52.4 Å². The third kappa shape index (κ3) is 6.64. The molecule has 256 valence electrons. The zero-order chi connectivity index (χ0) is 33.9. The van der Waals surface area contributed by atoms with E-state index in [1.54, 1.807) is 7.11 Å². The van der Waals surface area contributed by atoms with Gasteiger partial charge >= 0.3 is 0 Å². The number of benzene rings is 3. The Balaban J connectivity index is 1.10. The van der Waals surface area contributed by atoms with Crippen molar-refractivity contribution in [3.05, 3.63) is 102 Å². The monoisotopic (exact) mass is 670 g/mol. The fraction of sp³-hybridized carbons (Fsp3) is 0.385. The van der Waals surface area contributed by atoms with Crippen molar-refractivity contribution in [1.82, 2.24) is 39.5 Å². The summed E-state index contributed by atoms with van der Waals surface area (Å²) in [6.07, 6.45) is 16.1. The van der Waals surface area contributed by atoms with Gasteiger partial charge in [-0.1, -0.05) is 79.3 Å². The van der Waals surface area contributed by atoms with Crippen molar-refractivity contribution in [3.63, 3.8) is 0 Å². The average Bonchev–Trinajstić information content (AvgIpc) is 3.94. The first kappa shape index (κ1) is 31.9. The minimum Gasteiger partial charge on any atom is -0.493 e. The van der Waals surface area contributed by atoms with Crippen LogP contribution >= 0.6 is 0 Å². The van der Waals surface area contributed by atoms with E-state index in [2.05, 4.69) is 31.4 Å². The van der Waals surface area contributed by atoms with E-state index in [-0.39, 0.29) is 12.4 Å². The number of imidazole rings is 1. The van der Waals surface area contributed by atoms with Gasteiger partial charge in [0.15, 0.2) is 17.3 Å². The van der Waals surface area contributed by atoms with Gasteiger partial charge in [0.2, 0.25) is 0 Å². The third-order valence-electron chi connectivity index (χ3n) is 10.2. The lowest BCUT2D eigenvalue weighted by molar-refractivity contribution is 0.103. The van der Waals surface area contributed by atoms with Gasteiger partial charge in [-0.05, 0) is 62.1 Å². The second-order valence-electron chi connectivity index (χ2n) is 13.5. The fourth-order valence-corrected chi connectivity index (χ4v) is 7.46. The van der Waals surface area contributed by atoms with E-state index in [1.165, 1.54) is 38.5 Å². The van der Waals surface area contributed by atoms with Crippen molar-refractivity contribution < 1.29 is 14.3 Å². The third-order valence-corrected chi connectivity index (χ3v) is 10.2. The molecule has 2 aliphatic carbocycles. The molecule has 2 fully saturated rings. The quantitative estimate of drug-likeness (QED) is 0.129. The van der Waals surface area contributed by atoms with E-state index in [0.717, 1.165) is 59.5 Å². The Morgan fingerprint density at radius 1 is 0.740 bits per heavy atom. The van der Waals surface area contributed by atoms with E-state index < -0.39 is 0 Å². The van der Waals surface area contributed by atoms with Crippen LogP contribution in [-0.2, 0) is 13.2 Å².